The van der Waals surface area contributed by atoms with Crippen molar-refractivity contribution in [2.75, 3.05) is 13.2 Å². The minimum atomic E-state index is -0.537. The molecular formula is C25H34N2O4. The first-order valence-electron chi connectivity index (χ1n) is 11.2. The van der Waals surface area contributed by atoms with Crippen LogP contribution < -0.4 is 0 Å². The van der Waals surface area contributed by atoms with Crippen LogP contribution >= 0.6 is 0 Å². The van der Waals surface area contributed by atoms with Gasteiger partial charge in [-0.3, -0.25) is 9.59 Å². The fourth-order valence-electron chi connectivity index (χ4n) is 4.19. The summed E-state index contributed by atoms with van der Waals surface area (Å²) < 4.78 is 13.2. The van der Waals surface area contributed by atoms with Crippen molar-refractivity contribution in [2.24, 2.45) is 5.41 Å². The van der Waals surface area contributed by atoms with Crippen LogP contribution in [0.1, 0.15) is 80.8 Å². The molecule has 0 bridgehead atoms. The molecule has 0 amide bonds. The van der Waals surface area contributed by atoms with Crippen LogP contribution in [0.25, 0.3) is 0 Å². The summed E-state index contributed by atoms with van der Waals surface area (Å²) in [6.45, 7) is 10.8. The number of carbonyl (C=O) groups excluding carboxylic acids is 2. The van der Waals surface area contributed by atoms with Crippen LogP contribution in [0.5, 0.6) is 0 Å². The number of esters is 1. The van der Waals surface area contributed by atoms with Crippen LogP contribution in [-0.2, 0) is 27.1 Å². The van der Waals surface area contributed by atoms with Crippen molar-refractivity contribution in [3.63, 3.8) is 0 Å². The predicted molar refractivity (Wildman–Crippen MR) is 120 cm³/mol. The van der Waals surface area contributed by atoms with E-state index in [0.29, 0.717) is 12.3 Å². The van der Waals surface area contributed by atoms with Crippen molar-refractivity contribution in [2.45, 2.75) is 71.9 Å². The van der Waals surface area contributed by atoms with Gasteiger partial charge in [0.2, 0.25) is 0 Å². The van der Waals surface area contributed by atoms with E-state index >= 15 is 0 Å². The quantitative estimate of drug-likeness (QED) is 0.256. The van der Waals surface area contributed by atoms with Crippen LogP contribution in [0.15, 0.2) is 36.5 Å². The van der Waals surface area contributed by atoms with Gasteiger partial charge in [0, 0.05) is 17.9 Å². The highest BCUT2D eigenvalue weighted by molar-refractivity contribution is 6.05. The summed E-state index contributed by atoms with van der Waals surface area (Å²) in [7, 11) is 0. The van der Waals surface area contributed by atoms with E-state index in [1.54, 1.807) is 12.2 Å². The number of nitrogens with zero attached hydrogens (tertiary/aromatic N) is 2. The van der Waals surface area contributed by atoms with Gasteiger partial charge < -0.3 is 9.47 Å². The molecule has 1 atom stereocenters. The number of carbonyl (C=O) groups is 2. The summed E-state index contributed by atoms with van der Waals surface area (Å²) in [4.78, 5) is 25.3. The van der Waals surface area contributed by atoms with E-state index in [0.717, 1.165) is 55.4 Å². The third kappa shape index (κ3) is 5.82. The highest BCUT2D eigenvalue weighted by Gasteiger charge is 2.35. The zero-order valence-corrected chi connectivity index (χ0v) is 19.0. The minimum absolute atomic E-state index is 0.126. The van der Waals surface area contributed by atoms with Crippen LogP contribution in [0.3, 0.4) is 0 Å². The maximum Gasteiger partial charge on any atom is 0.314 e. The Hall–Kier alpha value is -2.47. The van der Waals surface area contributed by atoms with Crippen molar-refractivity contribution in [3.8, 4) is 0 Å². The average molecular weight is 427 g/mol. The van der Waals surface area contributed by atoms with Crippen molar-refractivity contribution in [3.05, 3.63) is 53.4 Å². The van der Waals surface area contributed by atoms with Crippen molar-refractivity contribution in [1.29, 1.82) is 0 Å². The third-order valence-corrected chi connectivity index (χ3v) is 6.03. The first-order chi connectivity index (χ1) is 14.8. The number of rotatable bonds is 8. The lowest BCUT2D eigenvalue weighted by molar-refractivity contribution is -0.141. The summed E-state index contributed by atoms with van der Waals surface area (Å²) >= 11 is 0. The van der Waals surface area contributed by atoms with E-state index < -0.39 is 5.97 Å². The van der Waals surface area contributed by atoms with Gasteiger partial charge >= 0.3 is 5.97 Å². The summed E-state index contributed by atoms with van der Waals surface area (Å²) in [5.41, 5.74) is 3.48. The molecule has 6 nitrogen and oxygen atoms in total. The highest BCUT2D eigenvalue weighted by Crippen LogP contribution is 2.38. The standard InChI is InChI=1S/C25H34N2O4/c1-5-7-10-18(6-2)17-31-23(29)15-21(28)24-19-12-13-25(3,4)16-20(19)27(26-24)22-11-8-9-14-30-22/h5-7,10,22H,1,8-9,11-17H2,2-4H3/b10-7-,18-6+. The normalized spacial score (nSPS) is 21.0. The molecule has 1 aliphatic heterocycles. The van der Waals surface area contributed by atoms with Crippen LogP contribution in [0.2, 0.25) is 0 Å². The summed E-state index contributed by atoms with van der Waals surface area (Å²) in [6, 6.07) is 0. The molecule has 2 aliphatic rings. The topological polar surface area (TPSA) is 70.4 Å². The zero-order valence-electron chi connectivity index (χ0n) is 19.0. The molecule has 0 radical (unpaired) electrons. The molecular weight excluding hydrogens is 392 g/mol. The molecule has 0 N–H and O–H groups in total. The molecule has 0 saturated carbocycles. The summed E-state index contributed by atoms with van der Waals surface area (Å²) in [5, 5.41) is 4.69. The number of aromatic nitrogens is 2. The highest BCUT2D eigenvalue weighted by atomic mass is 16.5. The molecule has 168 valence electrons. The molecule has 31 heavy (non-hydrogen) atoms. The smallest absolute Gasteiger partial charge is 0.314 e. The van der Waals surface area contributed by atoms with E-state index in [-0.39, 0.29) is 30.5 Å². The number of ketones is 1. The lowest BCUT2D eigenvalue weighted by Gasteiger charge is -2.32. The van der Waals surface area contributed by atoms with Crippen LogP contribution in [-0.4, -0.2) is 34.7 Å². The summed E-state index contributed by atoms with van der Waals surface area (Å²) in [6.07, 6.45) is 12.4. The second-order valence-electron chi connectivity index (χ2n) is 9.10. The fraction of sp³-hybridized carbons (Fsp3) is 0.560. The SMILES string of the molecule is C=C/C=C\C(=C/C)COC(=O)CC(=O)c1nn(C2CCCCO2)c2c1CCC(C)(C)C2. The molecule has 1 unspecified atom stereocenters. The number of allylic oxidation sites excluding steroid dienone is 3. The van der Waals surface area contributed by atoms with Gasteiger partial charge in [0.1, 0.15) is 24.9 Å². The first-order valence-corrected chi connectivity index (χ1v) is 11.2. The predicted octanol–water partition coefficient (Wildman–Crippen LogP) is 4.90. The monoisotopic (exact) mass is 426 g/mol. The molecule has 3 rings (SSSR count). The Labute approximate surface area is 185 Å². The van der Waals surface area contributed by atoms with Gasteiger partial charge in [-0.25, -0.2) is 4.68 Å². The maximum atomic E-state index is 13.0. The number of ether oxygens (including phenoxy) is 2. The van der Waals surface area contributed by atoms with Gasteiger partial charge in [-0.1, -0.05) is 44.7 Å². The molecule has 1 aromatic rings. The number of hydrogen-bond donors (Lipinski definition) is 0. The van der Waals surface area contributed by atoms with Gasteiger partial charge in [-0.2, -0.15) is 5.10 Å². The zero-order chi connectivity index (χ0) is 22.4. The fourth-order valence-corrected chi connectivity index (χ4v) is 4.19. The Bertz CT molecular complexity index is 886. The van der Waals surface area contributed by atoms with Crippen LogP contribution in [0.4, 0.5) is 0 Å². The molecule has 6 heteroatoms. The Kier molecular flexibility index (Phi) is 7.65. The molecule has 2 heterocycles. The largest absolute Gasteiger partial charge is 0.460 e. The Morgan fingerprint density at radius 1 is 1.35 bits per heavy atom. The van der Waals surface area contributed by atoms with E-state index in [1.807, 2.05) is 23.8 Å². The molecule has 0 aromatic carbocycles. The van der Waals surface area contributed by atoms with Gasteiger partial charge in [0.05, 0.1) is 0 Å². The van der Waals surface area contributed by atoms with E-state index in [4.69, 9.17) is 9.47 Å². The van der Waals surface area contributed by atoms with Gasteiger partial charge in [0.15, 0.2) is 5.78 Å². The lowest BCUT2D eigenvalue weighted by atomic mass is 9.76. The van der Waals surface area contributed by atoms with E-state index in [2.05, 4.69) is 25.5 Å². The molecule has 1 aromatic heterocycles. The molecule has 1 fully saturated rings. The number of Topliss-reactive ketones (excluding diaryl/α,β-unsaturated/α-hetero) is 1. The maximum absolute atomic E-state index is 13.0. The molecule has 1 aliphatic carbocycles. The van der Waals surface area contributed by atoms with Crippen molar-refractivity contribution >= 4 is 11.8 Å². The minimum Gasteiger partial charge on any atom is -0.460 e. The number of fused-ring (bicyclic) bond motifs is 1. The molecule has 0 spiro atoms. The second-order valence-corrected chi connectivity index (χ2v) is 9.10. The average Bonchev–Trinajstić information content (AvgIpc) is 3.12. The Morgan fingerprint density at radius 2 is 2.16 bits per heavy atom. The Morgan fingerprint density at radius 3 is 2.84 bits per heavy atom. The number of hydrogen-bond acceptors (Lipinski definition) is 5. The van der Waals surface area contributed by atoms with Gasteiger partial charge in [0.25, 0.3) is 0 Å². The van der Waals surface area contributed by atoms with Crippen molar-refractivity contribution < 1.29 is 19.1 Å². The Balaban J connectivity index is 1.75. The third-order valence-electron chi connectivity index (χ3n) is 6.03. The lowest BCUT2D eigenvalue weighted by Crippen LogP contribution is -2.27. The van der Waals surface area contributed by atoms with Gasteiger partial charge in [-0.05, 0) is 56.4 Å². The second kappa shape index (κ2) is 10.2. The first kappa shape index (κ1) is 23.2. The van der Waals surface area contributed by atoms with Crippen molar-refractivity contribution in [1.82, 2.24) is 9.78 Å². The molecule has 1 saturated heterocycles. The van der Waals surface area contributed by atoms with E-state index in [9.17, 15) is 9.59 Å². The van der Waals surface area contributed by atoms with Crippen LogP contribution in [0, 0.1) is 5.41 Å². The van der Waals surface area contributed by atoms with E-state index in [1.165, 1.54) is 0 Å². The summed E-state index contributed by atoms with van der Waals surface area (Å²) in [5.74, 6) is -0.816. The van der Waals surface area contributed by atoms with Gasteiger partial charge in [-0.15, -0.1) is 0 Å².